The molecule has 0 saturated carbocycles. The van der Waals surface area contributed by atoms with Gasteiger partial charge in [0.05, 0.1) is 0 Å². The second kappa shape index (κ2) is 7.40. The Hall–Kier alpha value is -0.940. The molecule has 1 rings (SSSR count). The van der Waals surface area contributed by atoms with Gasteiger partial charge in [-0.15, -0.1) is 0 Å². The summed E-state index contributed by atoms with van der Waals surface area (Å²) in [6, 6.07) is 0.385. The van der Waals surface area contributed by atoms with Crippen LogP contribution in [0.4, 0.5) is 0 Å². The molecule has 0 aliphatic rings. The van der Waals surface area contributed by atoms with Crippen molar-refractivity contribution in [3.05, 3.63) is 11.7 Å². The summed E-state index contributed by atoms with van der Waals surface area (Å²) >= 11 is 0. The first-order valence-corrected chi connectivity index (χ1v) is 6.22. The fourth-order valence-electron chi connectivity index (χ4n) is 1.71. The number of nitrogens with zero attached hydrogens (tertiary/aromatic N) is 2. The second-order valence-corrected chi connectivity index (χ2v) is 4.56. The quantitative estimate of drug-likeness (QED) is 0.751. The predicted molar refractivity (Wildman–Crippen MR) is 65.6 cm³/mol. The molecule has 0 radical (unpaired) electrons. The molecule has 98 valence electrons. The van der Waals surface area contributed by atoms with Gasteiger partial charge in [0.2, 0.25) is 5.89 Å². The molecule has 17 heavy (non-hydrogen) atoms. The summed E-state index contributed by atoms with van der Waals surface area (Å²) in [5.74, 6) is 1.96. The van der Waals surface area contributed by atoms with Crippen molar-refractivity contribution in [2.75, 3.05) is 13.7 Å². The smallest absolute Gasteiger partial charge is 0.228 e. The van der Waals surface area contributed by atoms with Crippen LogP contribution in [0.1, 0.15) is 38.9 Å². The van der Waals surface area contributed by atoms with Crippen molar-refractivity contribution in [2.24, 2.45) is 5.92 Å². The van der Waals surface area contributed by atoms with Gasteiger partial charge >= 0.3 is 0 Å². The second-order valence-electron chi connectivity index (χ2n) is 4.56. The number of likely N-dealkylation sites (N-methyl/N-ethyl adjacent to an activating group) is 1. The summed E-state index contributed by atoms with van der Waals surface area (Å²) in [6.45, 7) is 7.45. The highest BCUT2D eigenvalue weighted by Gasteiger charge is 2.14. The van der Waals surface area contributed by atoms with Crippen LogP contribution in [-0.2, 0) is 17.8 Å². The Morgan fingerprint density at radius 3 is 2.76 bits per heavy atom. The molecule has 5 nitrogen and oxygen atoms in total. The van der Waals surface area contributed by atoms with Gasteiger partial charge in [-0.1, -0.05) is 19.0 Å². The summed E-state index contributed by atoms with van der Waals surface area (Å²) in [5.41, 5.74) is 0. The van der Waals surface area contributed by atoms with Crippen LogP contribution >= 0.6 is 0 Å². The molecule has 1 aromatic heterocycles. The molecule has 1 atom stereocenters. The largest absolute Gasteiger partial charge is 0.374 e. The molecule has 1 N–H and O–H groups in total. The molecule has 0 aliphatic carbocycles. The highest BCUT2D eigenvalue weighted by atomic mass is 16.5. The van der Waals surface area contributed by atoms with Gasteiger partial charge in [0, 0.05) is 19.1 Å². The van der Waals surface area contributed by atoms with Gasteiger partial charge in [-0.2, -0.15) is 4.98 Å². The zero-order valence-corrected chi connectivity index (χ0v) is 11.2. The van der Waals surface area contributed by atoms with E-state index in [1.807, 2.05) is 14.0 Å². The molecule has 0 aliphatic heterocycles. The summed E-state index contributed by atoms with van der Waals surface area (Å²) in [7, 11) is 1.96. The van der Waals surface area contributed by atoms with E-state index in [-0.39, 0.29) is 0 Å². The van der Waals surface area contributed by atoms with Gasteiger partial charge in [-0.3, -0.25) is 0 Å². The van der Waals surface area contributed by atoms with Gasteiger partial charge in [0.25, 0.3) is 0 Å². The Labute approximate surface area is 103 Å². The average Bonchev–Trinajstić information content (AvgIpc) is 2.72. The van der Waals surface area contributed by atoms with E-state index in [2.05, 4.69) is 29.3 Å². The lowest BCUT2D eigenvalue weighted by Crippen LogP contribution is -2.29. The molecular weight excluding hydrogens is 218 g/mol. The third kappa shape index (κ3) is 5.28. The summed E-state index contributed by atoms with van der Waals surface area (Å²) in [4.78, 5) is 4.30. The van der Waals surface area contributed by atoms with E-state index in [1.54, 1.807) is 0 Å². The summed E-state index contributed by atoms with van der Waals surface area (Å²) < 4.78 is 10.4. The Morgan fingerprint density at radius 2 is 2.18 bits per heavy atom. The van der Waals surface area contributed by atoms with Crippen LogP contribution < -0.4 is 5.32 Å². The lowest BCUT2D eigenvalue weighted by atomic mass is 10.0. The summed E-state index contributed by atoms with van der Waals surface area (Å²) in [5, 5.41) is 7.16. The minimum absolute atomic E-state index is 0.385. The number of aromatic nitrogens is 2. The lowest BCUT2D eigenvalue weighted by molar-refractivity contribution is 0.126. The molecule has 0 bridgehead atoms. The van der Waals surface area contributed by atoms with Crippen molar-refractivity contribution in [3.63, 3.8) is 0 Å². The fourth-order valence-corrected chi connectivity index (χ4v) is 1.71. The van der Waals surface area contributed by atoms with Crippen LogP contribution in [0.3, 0.4) is 0 Å². The highest BCUT2D eigenvalue weighted by molar-refractivity contribution is 4.88. The zero-order valence-electron chi connectivity index (χ0n) is 11.2. The minimum atomic E-state index is 0.385. The predicted octanol–water partition coefficient (Wildman–Crippen LogP) is 1.78. The van der Waals surface area contributed by atoms with E-state index >= 15 is 0 Å². The molecule has 1 aromatic rings. The Morgan fingerprint density at radius 1 is 1.41 bits per heavy atom. The standard InChI is InChI=1S/C12H23N3O2/c1-5-16-8-11-14-12(17-15-11)7-10(13-4)6-9(2)3/h9-10,13H,5-8H2,1-4H3. The average molecular weight is 241 g/mol. The zero-order chi connectivity index (χ0) is 12.7. The molecule has 0 spiro atoms. The fraction of sp³-hybridized carbons (Fsp3) is 0.833. The first kappa shape index (κ1) is 14.1. The van der Waals surface area contributed by atoms with Gasteiger partial charge in [-0.05, 0) is 26.3 Å². The van der Waals surface area contributed by atoms with E-state index in [0.717, 1.165) is 12.8 Å². The van der Waals surface area contributed by atoms with Crippen molar-refractivity contribution in [3.8, 4) is 0 Å². The van der Waals surface area contributed by atoms with Crippen LogP contribution in [0.25, 0.3) is 0 Å². The summed E-state index contributed by atoms with van der Waals surface area (Å²) in [6.07, 6.45) is 1.87. The van der Waals surface area contributed by atoms with Gasteiger partial charge < -0.3 is 14.6 Å². The SMILES string of the molecule is CCOCc1noc(CC(CC(C)C)NC)n1. The van der Waals surface area contributed by atoms with Crippen LogP contribution in [0, 0.1) is 5.92 Å². The normalized spacial score (nSPS) is 13.2. The van der Waals surface area contributed by atoms with E-state index in [1.165, 1.54) is 0 Å². The number of hydrogen-bond donors (Lipinski definition) is 1. The first-order chi connectivity index (χ1) is 8.15. The number of ether oxygens (including phenoxy) is 1. The molecule has 1 heterocycles. The van der Waals surface area contributed by atoms with Crippen LogP contribution in [0.2, 0.25) is 0 Å². The van der Waals surface area contributed by atoms with Crippen LogP contribution in [-0.4, -0.2) is 29.8 Å². The number of hydrogen-bond acceptors (Lipinski definition) is 5. The van der Waals surface area contributed by atoms with E-state index in [9.17, 15) is 0 Å². The lowest BCUT2D eigenvalue weighted by Gasteiger charge is -2.15. The molecule has 0 aromatic carbocycles. The number of rotatable bonds is 8. The maximum Gasteiger partial charge on any atom is 0.228 e. The molecule has 0 saturated heterocycles. The molecule has 1 unspecified atom stereocenters. The minimum Gasteiger partial charge on any atom is -0.374 e. The number of nitrogens with one attached hydrogen (secondary N) is 1. The Kier molecular flexibility index (Phi) is 6.15. The topological polar surface area (TPSA) is 60.2 Å². The molecular formula is C12H23N3O2. The molecule has 0 amide bonds. The highest BCUT2D eigenvalue weighted by Crippen LogP contribution is 2.10. The maximum absolute atomic E-state index is 5.23. The van der Waals surface area contributed by atoms with E-state index < -0.39 is 0 Å². The van der Waals surface area contributed by atoms with Gasteiger partial charge in [0.1, 0.15) is 6.61 Å². The first-order valence-electron chi connectivity index (χ1n) is 6.22. The Balaban J connectivity index is 2.46. The molecule has 0 fully saturated rings. The van der Waals surface area contributed by atoms with Crippen molar-refractivity contribution in [1.82, 2.24) is 15.5 Å². The third-order valence-corrected chi connectivity index (χ3v) is 2.53. The van der Waals surface area contributed by atoms with Crippen molar-refractivity contribution < 1.29 is 9.26 Å². The van der Waals surface area contributed by atoms with Crippen molar-refractivity contribution in [2.45, 2.75) is 46.3 Å². The Bertz CT molecular complexity index is 312. The van der Waals surface area contributed by atoms with Crippen molar-refractivity contribution >= 4 is 0 Å². The van der Waals surface area contributed by atoms with Gasteiger partial charge in [-0.25, -0.2) is 0 Å². The monoisotopic (exact) mass is 241 g/mol. The molecule has 5 heteroatoms. The van der Waals surface area contributed by atoms with E-state index in [0.29, 0.717) is 36.9 Å². The van der Waals surface area contributed by atoms with Gasteiger partial charge in [0.15, 0.2) is 5.82 Å². The maximum atomic E-state index is 5.23. The van der Waals surface area contributed by atoms with Crippen molar-refractivity contribution in [1.29, 1.82) is 0 Å². The van der Waals surface area contributed by atoms with Crippen LogP contribution in [0.15, 0.2) is 4.52 Å². The van der Waals surface area contributed by atoms with E-state index in [4.69, 9.17) is 9.26 Å². The third-order valence-electron chi connectivity index (χ3n) is 2.53. The van der Waals surface area contributed by atoms with Crippen LogP contribution in [0.5, 0.6) is 0 Å².